The van der Waals surface area contributed by atoms with Crippen LogP contribution in [0.2, 0.25) is 5.02 Å². The highest BCUT2D eigenvalue weighted by Crippen LogP contribution is 2.17. The lowest BCUT2D eigenvalue weighted by atomic mass is 10.1. The molecule has 1 fully saturated rings. The number of nitrogens with zero attached hydrogens (tertiary/aromatic N) is 1. The van der Waals surface area contributed by atoms with Crippen LogP contribution in [0.4, 0.5) is 5.69 Å². The van der Waals surface area contributed by atoms with Crippen molar-refractivity contribution in [3.05, 3.63) is 70.8 Å². The Labute approximate surface area is 141 Å². The highest BCUT2D eigenvalue weighted by Gasteiger charge is 2.10. The molecule has 0 amide bonds. The molecule has 0 N–H and O–H groups in total. The minimum atomic E-state index is -0.0288. The number of rotatable bonds is 4. The zero-order valence-electron chi connectivity index (χ0n) is 12.7. The van der Waals surface area contributed by atoms with Gasteiger partial charge >= 0.3 is 0 Å². The molecule has 118 valence electrons. The topological polar surface area (TPSA) is 29.5 Å². The number of hydrogen-bond donors (Lipinski definition) is 0. The van der Waals surface area contributed by atoms with Crippen molar-refractivity contribution in [1.82, 2.24) is 0 Å². The highest BCUT2D eigenvalue weighted by molar-refractivity contribution is 6.30. The lowest BCUT2D eigenvalue weighted by Gasteiger charge is -2.28. The number of carbonyl (C=O) groups excluding carboxylic acids is 1. The van der Waals surface area contributed by atoms with Gasteiger partial charge < -0.3 is 9.64 Å². The molecule has 1 aliphatic heterocycles. The minimum absolute atomic E-state index is 0.0288. The van der Waals surface area contributed by atoms with E-state index in [0.717, 1.165) is 31.9 Å². The van der Waals surface area contributed by atoms with Crippen LogP contribution in [0.25, 0.3) is 6.08 Å². The van der Waals surface area contributed by atoms with Crippen molar-refractivity contribution in [2.45, 2.75) is 0 Å². The molecule has 3 rings (SSSR count). The van der Waals surface area contributed by atoms with E-state index in [0.29, 0.717) is 10.6 Å². The van der Waals surface area contributed by atoms with Crippen LogP contribution in [-0.2, 0) is 4.74 Å². The van der Waals surface area contributed by atoms with Gasteiger partial charge in [0.25, 0.3) is 0 Å². The second-order valence-electron chi connectivity index (χ2n) is 5.40. The number of hydrogen-bond acceptors (Lipinski definition) is 3. The number of morpholine rings is 1. The SMILES string of the molecule is O=C(/C=C/c1ccc(N2CCOCC2)cc1)c1ccc(Cl)cc1. The quantitative estimate of drug-likeness (QED) is 0.626. The third-order valence-corrected chi connectivity index (χ3v) is 4.08. The first-order valence-corrected chi connectivity index (χ1v) is 8.01. The molecule has 0 spiro atoms. The van der Waals surface area contributed by atoms with Crippen LogP contribution in [0.15, 0.2) is 54.6 Å². The van der Waals surface area contributed by atoms with Gasteiger partial charge in [-0.05, 0) is 48.0 Å². The van der Waals surface area contributed by atoms with Gasteiger partial charge in [-0.1, -0.05) is 29.8 Å². The predicted molar refractivity (Wildman–Crippen MR) is 94.3 cm³/mol. The molecule has 0 bridgehead atoms. The number of ketones is 1. The van der Waals surface area contributed by atoms with Crippen LogP contribution in [-0.4, -0.2) is 32.1 Å². The van der Waals surface area contributed by atoms with Gasteiger partial charge in [0.2, 0.25) is 0 Å². The number of allylic oxidation sites excluding steroid dienone is 1. The van der Waals surface area contributed by atoms with Crippen LogP contribution in [0.5, 0.6) is 0 Å². The zero-order valence-corrected chi connectivity index (χ0v) is 13.5. The molecule has 0 radical (unpaired) electrons. The summed E-state index contributed by atoms with van der Waals surface area (Å²) in [6.45, 7) is 3.39. The molecule has 2 aromatic carbocycles. The Morgan fingerprint density at radius 1 is 1.00 bits per heavy atom. The monoisotopic (exact) mass is 327 g/mol. The molecule has 0 aliphatic carbocycles. The maximum absolute atomic E-state index is 12.1. The molecular formula is C19H18ClNO2. The van der Waals surface area contributed by atoms with E-state index in [-0.39, 0.29) is 5.78 Å². The summed E-state index contributed by atoms with van der Waals surface area (Å²) in [6.07, 6.45) is 3.42. The fourth-order valence-electron chi connectivity index (χ4n) is 2.50. The third-order valence-electron chi connectivity index (χ3n) is 3.83. The first kappa shape index (κ1) is 15.8. The van der Waals surface area contributed by atoms with Crippen LogP contribution in [0, 0.1) is 0 Å². The molecular weight excluding hydrogens is 310 g/mol. The van der Waals surface area contributed by atoms with E-state index >= 15 is 0 Å². The van der Waals surface area contributed by atoms with E-state index in [1.807, 2.05) is 18.2 Å². The Hall–Kier alpha value is -2.10. The Balaban J connectivity index is 1.65. The second kappa shape index (κ2) is 7.44. The van der Waals surface area contributed by atoms with Gasteiger partial charge in [-0.25, -0.2) is 0 Å². The normalized spacial score (nSPS) is 15.1. The lowest BCUT2D eigenvalue weighted by Crippen LogP contribution is -2.36. The maximum atomic E-state index is 12.1. The first-order valence-electron chi connectivity index (χ1n) is 7.63. The van der Waals surface area contributed by atoms with Crippen molar-refractivity contribution in [3.8, 4) is 0 Å². The summed E-state index contributed by atoms with van der Waals surface area (Å²) in [7, 11) is 0. The molecule has 3 nitrogen and oxygen atoms in total. The largest absolute Gasteiger partial charge is 0.378 e. The van der Waals surface area contributed by atoms with Gasteiger partial charge in [-0.3, -0.25) is 4.79 Å². The summed E-state index contributed by atoms with van der Waals surface area (Å²) in [5, 5.41) is 0.629. The van der Waals surface area contributed by atoms with Crippen molar-refractivity contribution in [2.24, 2.45) is 0 Å². The van der Waals surface area contributed by atoms with E-state index in [1.54, 1.807) is 30.3 Å². The van der Waals surface area contributed by atoms with Crippen molar-refractivity contribution in [3.63, 3.8) is 0 Å². The minimum Gasteiger partial charge on any atom is -0.378 e. The van der Waals surface area contributed by atoms with Gasteiger partial charge in [0.1, 0.15) is 0 Å². The van der Waals surface area contributed by atoms with Gasteiger partial charge in [-0.2, -0.15) is 0 Å². The molecule has 0 aromatic heterocycles. The van der Waals surface area contributed by atoms with Crippen LogP contribution in [0.1, 0.15) is 15.9 Å². The van der Waals surface area contributed by atoms with Crippen molar-refractivity contribution >= 4 is 29.1 Å². The molecule has 4 heteroatoms. The number of ether oxygens (including phenoxy) is 1. The van der Waals surface area contributed by atoms with Gasteiger partial charge in [0.15, 0.2) is 5.78 Å². The predicted octanol–water partition coefficient (Wildman–Crippen LogP) is 4.07. The second-order valence-corrected chi connectivity index (χ2v) is 5.83. The highest BCUT2D eigenvalue weighted by atomic mass is 35.5. The zero-order chi connectivity index (χ0) is 16.1. The summed E-state index contributed by atoms with van der Waals surface area (Å²) in [6, 6.07) is 15.1. The fraction of sp³-hybridized carbons (Fsp3) is 0.211. The smallest absolute Gasteiger partial charge is 0.185 e. The molecule has 0 atom stereocenters. The first-order chi connectivity index (χ1) is 11.2. The summed E-state index contributed by atoms with van der Waals surface area (Å²) in [5.41, 5.74) is 2.83. The standard InChI is InChI=1S/C19H18ClNO2/c20-17-6-4-16(5-7-17)19(22)10-3-15-1-8-18(9-2-15)21-11-13-23-14-12-21/h1-10H,11-14H2/b10-3+. The van der Waals surface area contributed by atoms with Crippen LogP contribution < -0.4 is 4.90 Å². The van der Waals surface area contributed by atoms with Crippen molar-refractivity contribution in [2.75, 3.05) is 31.2 Å². The van der Waals surface area contributed by atoms with E-state index in [2.05, 4.69) is 17.0 Å². The number of carbonyl (C=O) groups is 1. The van der Waals surface area contributed by atoms with Crippen LogP contribution >= 0.6 is 11.6 Å². The maximum Gasteiger partial charge on any atom is 0.185 e. The molecule has 0 saturated carbocycles. The molecule has 23 heavy (non-hydrogen) atoms. The molecule has 0 unspecified atom stereocenters. The Morgan fingerprint density at radius 3 is 2.30 bits per heavy atom. The number of anilines is 1. The molecule has 1 heterocycles. The third kappa shape index (κ3) is 4.21. The number of halogens is 1. The van der Waals surface area contributed by atoms with Crippen molar-refractivity contribution in [1.29, 1.82) is 0 Å². The van der Waals surface area contributed by atoms with Crippen molar-refractivity contribution < 1.29 is 9.53 Å². The van der Waals surface area contributed by atoms with E-state index in [4.69, 9.17) is 16.3 Å². The average molecular weight is 328 g/mol. The summed E-state index contributed by atoms with van der Waals surface area (Å²) in [5.74, 6) is -0.0288. The van der Waals surface area contributed by atoms with Gasteiger partial charge in [-0.15, -0.1) is 0 Å². The fourth-order valence-corrected chi connectivity index (χ4v) is 2.63. The summed E-state index contributed by atoms with van der Waals surface area (Å²) in [4.78, 5) is 14.4. The number of benzene rings is 2. The molecule has 1 aliphatic rings. The summed E-state index contributed by atoms with van der Waals surface area (Å²) < 4.78 is 5.36. The Morgan fingerprint density at radius 2 is 1.65 bits per heavy atom. The van der Waals surface area contributed by atoms with Gasteiger partial charge in [0, 0.05) is 29.4 Å². The Bertz CT molecular complexity index is 686. The van der Waals surface area contributed by atoms with E-state index in [9.17, 15) is 4.79 Å². The van der Waals surface area contributed by atoms with E-state index < -0.39 is 0 Å². The average Bonchev–Trinajstić information content (AvgIpc) is 2.61. The molecule has 1 saturated heterocycles. The van der Waals surface area contributed by atoms with Gasteiger partial charge in [0.05, 0.1) is 13.2 Å². The summed E-state index contributed by atoms with van der Waals surface area (Å²) >= 11 is 5.83. The van der Waals surface area contributed by atoms with Crippen LogP contribution in [0.3, 0.4) is 0 Å². The lowest BCUT2D eigenvalue weighted by molar-refractivity contribution is 0.104. The van der Waals surface area contributed by atoms with E-state index in [1.165, 1.54) is 5.69 Å². The Kier molecular flexibility index (Phi) is 5.11. The molecule has 2 aromatic rings.